The Kier molecular flexibility index (Phi) is 5.19. The molecule has 7 nitrogen and oxygen atoms in total. The second-order valence-corrected chi connectivity index (χ2v) is 11.7. The predicted octanol–water partition coefficient (Wildman–Crippen LogP) is 6.29. The van der Waals surface area contributed by atoms with Gasteiger partial charge in [-0.1, -0.05) is 42.6 Å². The SMILES string of the molecule is N#Cc1nn(-c2c(Cl)cc(S(F)(F)(F)(F)F)cc2Cl)c(NCc2nccs2)c1C1(C(N)=O)CC1. The summed E-state index contributed by atoms with van der Waals surface area (Å²) in [5.74, 6) is -0.721. The summed E-state index contributed by atoms with van der Waals surface area (Å²) in [5.41, 5.74) is 3.81. The highest BCUT2D eigenvalue weighted by atomic mass is 35.5. The highest BCUT2D eigenvalue weighted by molar-refractivity contribution is 8.45. The van der Waals surface area contributed by atoms with Crippen molar-refractivity contribution >= 4 is 56.5 Å². The zero-order valence-electron chi connectivity index (χ0n) is 16.7. The van der Waals surface area contributed by atoms with Crippen molar-refractivity contribution in [1.29, 1.82) is 5.26 Å². The number of nitrogens with one attached hydrogen (secondary N) is 1. The van der Waals surface area contributed by atoms with E-state index in [1.165, 1.54) is 11.3 Å². The van der Waals surface area contributed by atoms with Crippen molar-refractivity contribution in [2.24, 2.45) is 5.73 Å². The van der Waals surface area contributed by atoms with Crippen molar-refractivity contribution in [1.82, 2.24) is 14.8 Å². The van der Waals surface area contributed by atoms with Crippen molar-refractivity contribution in [2.45, 2.75) is 29.7 Å². The number of aromatic nitrogens is 3. The van der Waals surface area contributed by atoms with E-state index in [9.17, 15) is 29.5 Å². The third-order valence-corrected chi connectivity index (χ3v) is 7.71. The molecule has 1 fully saturated rings. The number of rotatable bonds is 7. The van der Waals surface area contributed by atoms with Gasteiger partial charge in [0, 0.05) is 17.1 Å². The van der Waals surface area contributed by atoms with Crippen LogP contribution in [-0.4, -0.2) is 20.7 Å². The lowest BCUT2D eigenvalue weighted by Gasteiger charge is -2.40. The Morgan fingerprint density at radius 3 is 2.32 bits per heavy atom. The van der Waals surface area contributed by atoms with E-state index in [2.05, 4.69) is 15.4 Å². The standard InChI is InChI=1S/C18H13Cl2F5N6OS2/c19-10-5-9(34(21,22,23,24)25)6-11(20)15(10)31-16(29-8-13-28-3-4-33-13)14(12(7-26)30-31)18(1-2-18)17(27)32/h3-6,29H,1-2,8H2,(H2,27,32). The van der Waals surface area contributed by atoms with Crippen molar-refractivity contribution in [3.8, 4) is 11.8 Å². The van der Waals surface area contributed by atoms with E-state index >= 15 is 0 Å². The monoisotopic (exact) mass is 558 g/mol. The van der Waals surface area contributed by atoms with E-state index in [1.54, 1.807) is 11.6 Å². The highest BCUT2D eigenvalue weighted by Crippen LogP contribution is 3.02. The molecular weight excluding hydrogens is 546 g/mol. The summed E-state index contributed by atoms with van der Waals surface area (Å²) >= 11 is 13.3. The number of hydrogen-bond acceptors (Lipinski definition) is 6. The van der Waals surface area contributed by atoms with Crippen LogP contribution in [0.25, 0.3) is 5.69 Å². The number of nitrogens with zero attached hydrogens (tertiary/aromatic N) is 4. The molecule has 34 heavy (non-hydrogen) atoms. The molecule has 1 aromatic carbocycles. The van der Waals surface area contributed by atoms with Crippen LogP contribution < -0.4 is 11.1 Å². The zero-order chi connectivity index (χ0) is 25.2. The maximum Gasteiger partial charge on any atom is 0.310 e. The Morgan fingerprint density at radius 2 is 1.88 bits per heavy atom. The van der Waals surface area contributed by atoms with Crippen LogP contribution in [0.2, 0.25) is 10.0 Å². The summed E-state index contributed by atoms with van der Waals surface area (Å²) in [7, 11) is -10.1. The molecule has 4 rings (SSSR count). The molecule has 0 saturated heterocycles. The molecule has 0 spiro atoms. The molecule has 1 aliphatic carbocycles. The zero-order valence-corrected chi connectivity index (χ0v) is 19.8. The largest absolute Gasteiger partial charge is 0.369 e. The first-order valence-corrected chi connectivity index (χ1v) is 12.9. The number of carbonyl (C=O) groups is 1. The average Bonchev–Trinajstić information content (AvgIpc) is 3.18. The van der Waals surface area contributed by atoms with Gasteiger partial charge in [-0.05, 0) is 25.0 Å². The van der Waals surface area contributed by atoms with Crippen LogP contribution in [0.1, 0.15) is 29.1 Å². The maximum atomic E-state index is 13.3. The number of halogens is 7. The van der Waals surface area contributed by atoms with E-state index in [4.69, 9.17) is 28.9 Å². The highest BCUT2D eigenvalue weighted by Gasteiger charge is 2.65. The van der Waals surface area contributed by atoms with Crippen LogP contribution in [-0.2, 0) is 16.8 Å². The van der Waals surface area contributed by atoms with Crippen LogP contribution in [0, 0.1) is 11.3 Å². The minimum absolute atomic E-state index is 0.00643. The molecule has 2 aromatic heterocycles. The number of primary amides is 1. The third kappa shape index (κ3) is 4.28. The van der Waals surface area contributed by atoms with Gasteiger partial charge < -0.3 is 11.1 Å². The minimum atomic E-state index is -10.1. The molecule has 0 unspecified atom stereocenters. The average molecular weight is 559 g/mol. The molecule has 2 heterocycles. The Labute approximate surface area is 203 Å². The lowest BCUT2D eigenvalue weighted by Crippen LogP contribution is -2.29. The van der Waals surface area contributed by atoms with Crippen LogP contribution >= 0.6 is 44.8 Å². The summed E-state index contributed by atoms with van der Waals surface area (Å²) < 4.78 is 67.5. The number of carbonyl (C=O) groups excluding carboxylic acids is 1. The van der Waals surface area contributed by atoms with Crippen LogP contribution in [0.4, 0.5) is 25.2 Å². The van der Waals surface area contributed by atoms with Crippen molar-refractivity contribution in [2.75, 3.05) is 5.32 Å². The Balaban J connectivity index is 1.95. The minimum Gasteiger partial charge on any atom is -0.369 e. The predicted molar refractivity (Wildman–Crippen MR) is 119 cm³/mol. The molecular formula is C18H13Cl2F5N6OS2. The molecule has 3 aromatic rings. The van der Waals surface area contributed by atoms with Gasteiger partial charge in [-0.25, -0.2) is 9.67 Å². The molecule has 0 atom stereocenters. The fourth-order valence-electron chi connectivity index (χ4n) is 3.49. The number of benzene rings is 1. The van der Waals surface area contributed by atoms with Gasteiger partial charge in [0.15, 0.2) is 5.69 Å². The van der Waals surface area contributed by atoms with Gasteiger partial charge in [-0.2, -0.15) is 10.4 Å². The molecule has 182 valence electrons. The summed E-state index contributed by atoms with van der Waals surface area (Å²) in [4.78, 5) is 14.1. The van der Waals surface area contributed by atoms with Gasteiger partial charge in [0.05, 0.1) is 22.0 Å². The second kappa shape index (κ2) is 7.20. The smallest absolute Gasteiger partial charge is 0.310 e. The maximum absolute atomic E-state index is 13.3. The molecule has 0 aliphatic heterocycles. The van der Waals surface area contributed by atoms with Crippen LogP contribution in [0.3, 0.4) is 0 Å². The fourth-order valence-corrected chi connectivity index (χ4v) is 5.50. The van der Waals surface area contributed by atoms with E-state index in [0.717, 1.165) is 4.68 Å². The lowest BCUT2D eigenvalue weighted by molar-refractivity contribution is -0.120. The van der Waals surface area contributed by atoms with Crippen molar-refractivity contribution < 1.29 is 24.2 Å². The topological polar surface area (TPSA) is 110 Å². The van der Waals surface area contributed by atoms with E-state index in [0.29, 0.717) is 17.8 Å². The lowest BCUT2D eigenvalue weighted by atomic mass is 9.94. The Bertz CT molecular complexity index is 1340. The summed E-state index contributed by atoms with van der Waals surface area (Å²) in [6.07, 6.45) is 2.15. The van der Waals surface area contributed by atoms with E-state index < -0.39 is 42.2 Å². The summed E-state index contributed by atoms with van der Waals surface area (Å²) in [6, 6.07) is 1.92. The van der Waals surface area contributed by atoms with Gasteiger partial charge in [0.2, 0.25) is 5.91 Å². The third-order valence-electron chi connectivity index (χ3n) is 5.23. The van der Waals surface area contributed by atoms with Gasteiger partial charge in [0.1, 0.15) is 27.5 Å². The number of nitriles is 1. The fraction of sp³-hybridized carbons (Fsp3) is 0.222. The summed E-state index contributed by atoms with van der Waals surface area (Å²) in [5, 5.41) is 17.4. The Morgan fingerprint density at radius 1 is 1.26 bits per heavy atom. The number of amides is 1. The van der Waals surface area contributed by atoms with Crippen LogP contribution in [0.5, 0.6) is 0 Å². The first-order chi connectivity index (χ1) is 15.6. The normalized spacial score (nSPS) is 16.9. The van der Waals surface area contributed by atoms with E-state index in [1.807, 2.05) is 6.07 Å². The molecule has 1 amide bonds. The number of nitrogens with two attached hydrogens (primary N) is 1. The van der Waals surface area contributed by atoms with Crippen LogP contribution in [0.15, 0.2) is 28.6 Å². The Hall–Kier alpha value is -2.60. The number of anilines is 1. The molecule has 16 heteroatoms. The van der Waals surface area contributed by atoms with Gasteiger partial charge >= 0.3 is 10.2 Å². The number of hydrogen-bond donors (Lipinski definition) is 2. The van der Waals surface area contributed by atoms with Crippen molar-refractivity contribution in [3.05, 3.63) is 50.0 Å². The quantitative estimate of drug-likeness (QED) is 0.331. The first kappa shape index (κ1) is 24.5. The molecule has 0 bridgehead atoms. The molecule has 0 radical (unpaired) electrons. The van der Waals surface area contributed by atoms with Crippen molar-refractivity contribution in [3.63, 3.8) is 0 Å². The second-order valence-electron chi connectivity index (χ2n) is 7.53. The first-order valence-electron chi connectivity index (χ1n) is 9.26. The summed E-state index contributed by atoms with van der Waals surface area (Å²) in [6.45, 7) is 0.0782. The molecule has 1 saturated carbocycles. The van der Waals surface area contributed by atoms with E-state index in [-0.39, 0.29) is 35.8 Å². The van der Waals surface area contributed by atoms with Gasteiger partial charge in [-0.15, -0.1) is 11.3 Å². The molecule has 1 aliphatic rings. The van der Waals surface area contributed by atoms with Gasteiger partial charge in [0.25, 0.3) is 0 Å². The number of thiazole rings is 1. The molecule has 3 N–H and O–H groups in total. The van der Waals surface area contributed by atoms with Gasteiger partial charge in [-0.3, -0.25) is 4.79 Å².